The summed E-state index contributed by atoms with van der Waals surface area (Å²) in [6.07, 6.45) is 4.64. The van der Waals surface area contributed by atoms with Gasteiger partial charge in [0.2, 0.25) is 0 Å². The van der Waals surface area contributed by atoms with E-state index < -0.39 is 0 Å². The van der Waals surface area contributed by atoms with Crippen molar-refractivity contribution in [1.82, 2.24) is 20.4 Å². The van der Waals surface area contributed by atoms with Crippen LogP contribution in [0.1, 0.15) is 38.2 Å². The molecule has 166 valence electrons. The highest BCUT2D eigenvalue weighted by atomic mass is 127. The highest BCUT2D eigenvalue weighted by Crippen LogP contribution is 2.13. The maximum Gasteiger partial charge on any atom is 0.191 e. The fourth-order valence-corrected chi connectivity index (χ4v) is 3.47. The Kier molecular flexibility index (Phi) is 13.3. The average molecular weight is 518 g/mol. The Morgan fingerprint density at radius 2 is 1.90 bits per heavy atom. The highest BCUT2D eigenvalue weighted by molar-refractivity contribution is 14.0. The smallest absolute Gasteiger partial charge is 0.191 e. The highest BCUT2D eigenvalue weighted by Gasteiger charge is 2.19. The summed E-state index contributed by atoms with van der Waals surface area (Å²) < 4.78 is 5.80. The van der Waals surface area contributed by atoms with Crippen molar-refractivity contribution in [3.63, 3.8) is 0 Å². The van der Waals surface area contributed by atoms with Crippen molar-refractivity contribution in [2.75, 3.05) is 53.9 Å². The van der Waals surface area contributed by atoms with E-state index in [0.717, 1.165) is 37.8 Å². The molecule has 7 heteroatoms. The van der Waals surface area contributed by atoms with Crippen LogP contribution in [-0.4, -0.2) is 75.7 Å². The summed E-state index contributed by atoms with van der Waals surface area (Å²) in [6, 6.07) is 8.84. The van der Waals surface area contributed by atoms with Crippen LogP contribution in [0, 0.1) is 0 Å². The number of hydrogen-bond acceptors (Lipinski definition) is 4. The Bertz CT molecular complexity index is 571. The second-order valence-electron chi connectivity index (χ2n) is 7.84. The van der Waals surface area contributed by atoms with E-state index in [1.165, 1.54) is 44.5 Å². The molecule has 0 saturated carbocycles. The summed E-state index contributed by atoms with van der Waals surface area (Å²) in [7, 11) is 6.01. The third kappa shape index (κ3) is 10.5. The second-order valence-corrected chi connectivity index (χ2v) is 7.84. The molecule has 29 heavy (non-hydrogen) atoms. The number of aliphatic imine (C=N–C) groups is 1. The topological polar surface area (TPSA) is 52.1 Å². The zero-order valence-electron chi connectivity index (χ0n) is 18.6. The number of benzene rings is 1. The third-order valence-corrected chi connectivity index (χ3v) is 5.09. The number of rotatable bonds is 10. The van der Waals surface area contributed by atoms with Crippen LogP contribution >= 0.6 is 24.0 Å². The first-order valence-corrected chi connectivity index (χ1v) is 10.7. The Labute approximate surface area is 194 Å². The number of likely N-dealkylation sites (tertiary alicyclic amines) is 1. The minimum Gasteiger partial charge on any atom is -0.494 e. The molecule has 0 atom stereocenters. The van der Waals surface area contributed by atoms with Gasteiger partial charge >= 0.3 is 0 Å². The van der Waals surface area contributed by atoms with Crippen LogP contribution in [0.3, 0.4) is 0 Å². The van der Waals surface area contributed by atoms with Gasteiger partial charge in [-0.15, -0.1) is 24.0 Å². The lowest BCUT2D eigenvalue weighted by molar-refractivity contribution is 0.206. The Morgan fingerprint density at radius 3 is 2.48 bits per heavy atom. The van der Waals surface area contributed by atoms with Gasteiger partial charge in [0.1, 0.15) is 5.75 Å². The van der Waals surface area contributed by atoms with Crippen molar-refractivity contribution in [2.24, 2.45) is 4.99 Å². The summed E-state index contributed by atoms with van der Waals surface area (Å²) in [5.41, 5.74) is 1.22. The number of guanidine groups is 1. The summed E-state index contributed by atoms with van der Waals surface area (Å²) >= 11 is 0. The van der Waals surface area contributed by atoms with Crippen LogP contribution in [0.4, 0.5) is 0 Å². The van der Waals surface area contributed by atoms with Crippen molar-refractivity contribution in [2.45, 2.75) is 45.2 Å². The molecule has 1 aliphatic rings. The van der Waals surface area contributed by atoms with E-state index in [1.54, 1.807) is 0 Å². The molecule has 0 unspecified atom stereocenters. The van der Waals surface area contributed by atoms with Gasteiger partial charge in [0, 0.05) is 39.3 Å². The van der Waals surface area contributed by atoms with Crippen LogP contribution in [-0.2, 0) is 6.54 Å². The number of nitrogens with zero attached hydrogens (tertiary/aromatic N) is 3. The monoisotopic (exact) mass is 517 g/mol. The van der Waals surface area contributed by atoms with Gasteiger partial charge in [0.15, 0.2) is 5.96 Å². The van der Waals surface area contributed by atoms with Gasteiger partial charge in [-0.2, -0.15) is 0 Å². The molecule has 1 aliphatic heterocycles. The summed E-state index contributed by atoms with van der Waals surface area (Å²) in [5, 5.41) is 7.01. The molecular weight excluding hydrogens is 477 g/mol. The molecule has 1 saturated heterocycles. The molecule has 0 aromatic heterocycles. The van der Waals surface area contributed by atoms with E-state index in [4.69, 9.17) is 4.74 Å². The molecule has 0 aliphatic carbocycles. The van der Waals surface area contributed by atoms with E-state index in [0.29, 0.717) is 6.04 Å². The standard InChI is InChI=1S/C22H39N5O.HI/c1-5-13-27-15-11-20(12-16-27)25-22(23-2)24-18-19-7-9-21(10-8-19)28-17-6-14-26(3)4;/h7-10,20H,5-6,11-18H2,1-4H3,(H2,23,24,25);1H. The van der Waals surface area contributed by atoms with Gasteiger partial charge < -0.3 is 25.2 Å². The molecule has 0 amide bonds. The predicted molar refractivity (Wildman–Crippen MR) is 134 cm³/mol. The number of piperidine rings is 1. The fourth-order valence-electron chi connectivity index (χ4n) is 3.47. The van der Waals surface area contributed by atoms with Gasteiger partial charge in [-0.25, -0.2) is 0 Å². The lowest BCUT2D eigenvalue weighted by Gasteiger charge is -2.32. The zero-order valence-corrected chi connectivity index (χ0v) is 20.9. The minimum atomic E-state index is 0. The zero-order chi connectivity index (χ0) is 20.2. The second kappa shape index (κ2) is 14.8. The van der Waals surface area contributed by atoms with Crippen molar-refractivity contribution in [3.05, 3.63) is 29.8 Å². The van der Waals surface area contributed by atoms with E-state index >= 15 is 0 Å². The SMILES string of the molecule is CCCN1CCC(NC(=NC)NCc2ccc(OCCCN(C)C)cc2)CC1.I. The van der Waals surface area contributed by atoms with Gasteiger partial charge in [-0.05, 0) is 64.0 Å². The van der Waals surface area contributed by atoms with Gasteiger partial charge in [-0.1, -0.05) is 19.1 Å². The maximum atomic E-state index is 5.80. The third-order valence-electron chi connectivity index (χ3n) is 5.09. The predicted octanol–water partition coefficient (Wildman–Crippen LogP) is 3.17. The Balaban J connectivity index is 0.00000420. The summed E-state index contributed by atoms with van der Waals surface area (Å²) in [4.78, 5) is 9.11. The molecule has 1 fully saturated rings. The molecule has 1 heterocycles. The van der Waals surface area contributed by atoms with E-state index in [1.807, 2.05) is 19.2 Å². The van der Waals surface area contributed by atoms with Crippen LogP contribution < -0.4 is 15.4 Å². The van der Waals surface area contributed by atoms with E-state index in [2.05, 4.69) is 58.6 Å². The Hall–Kier alpha value is -1.06. The van der Waals surface area contributed by atoms with Crippen molar-refractivity contribution >= 4 is 29.9 Å². The van der Waals surface area contributed by atoms with Crippen molar-refractivity contribution in [1.29, 1.82) is 0 Å². The van der Waals surface area contributed by atoms with Gasteiger partial charge in [0.05, 0.1) is 6.61 Å². The minimum absolute atomic E-state index is 0. The lowest BCUT2D eigenvalue weighted by atomic mass is 10.1. The molecule has 0 radical (unpaired) electrons. The quantitative estimate of drug-likeness (QED) is 0.216. The van der Waals surface area contributed by atoms with E-state index in [-0.39, 0.29) is 24.0 Å². The van der Waals surface area contributed by atoms with Gasteiger partial charge in [-0.3, -0.25) is 4.99 Å². The van der Waals surface area contributed by atoms with Gasteiger partial charge in [0.25, 0.3) is 0 Å². The average Bonchev–Trinajstić information content (AvgIpc) is 2.70. The lowest BCUT2D eigenvalue weighted by Crippen LogP contribution is -2.48. The van der Waals surface area contributed by atoms with Crippen LogP contribution in [0.25, 0.3) is 0 Å². The molecule has 6 nitrogen and oxygen atoms in total. The number of hydrogen-bond donors (Lipinski definition) is 2. The fraction of sp³-hybridized carbons (Fsp3) is 0.682. The van der Waals surface area contributed by atoms with Crippen LogP contribution in [0.2, 0.25) is 0 Å². The largest absolute Gasteiger partial charge is 0.494 e. The molecular formula is C22H40IN5O. The first kappa shape index (κ1) is 26.0. The Morgan fingerprint density at radius 1 is 1.21 bits per heavy atom. The normalized spacial score (nSPS) is 15.8. The summed E-state index contributed by atoms with van der Waals surface area (Å²) in [5.74, 6) is 1.82. The maximum absolute atomic E-state index is 5.80. The molecule has 1 aromatic rings. The van der Waals surface area contributed by atoms with Crippen LogP contribution in [0.5, 0.6) is 5.75 Å². The van der Waals surface area contributed by atoms with Crippen LogP contribution in [0.15, 0.2) is 29.3 Å². The first-order valence-electron chi connectivity index (χ1n) is 10.7. The van der Waals surface area contributed by atoms with Crippen molar-refractivity contribution in [3.8, 4) is 5.75 Å². The molecule has 2 N–H and O–H groups in total. The molecule has 0 bridgehead atoms. The number of nitrogens with one attached hydrogen (secondary N) is 2. The molecule has 2 rings (SSSR count). The number of ether oxygens (including phenoxy) is 1. The molecule has 1 aromatic carbocycles. The molecule has 0 spiro atoms. The summed E-state index contributed by atoms with van der Waals surface area (Å²) in [6.45, 7) is 8.39. The number of halogens is 1. The van der Waals surface area contributed by atoms with E-state index in [9.17, 15) is 0 Å². The van der Waals surface area contributed by atoms with Crippen molar-refractivity contribution < 1.29 is 4.74 Å². The first-order chi connectivity index (χ1) is 13.6.